The first-order valence-corrected chi connectivity index (χ1v) is 7.64. The van der Waals surface area contributed by atoms with Crippen molar-refractivity contribution in [1.82, 2.24) is 15.0 Å². The number of nitrogens with two attached hydrogens (primary N) is 1. The molecule has 1 aromatic heterocycles. The first-order chi connectivity index (χ1) is 10.3. The monoisotopic (exact) mass is 293 g/mol. The van der Waals surface area contributed by atoms with E-state index >= 15 is 0 Å². The molecule has 0 saturated carbocycles. The summed E-state index contributed by atoms with van der Waals surface area (Å²) in [6, 6.07) is 0. The van der Waals surface area contributed by atoms with Crippen LogP contribution >= 0.6 is 0 Å². The van der Waals surface area contributed by atoms with Crippen molar-refractivity contribution < 1.29 is 4.74 Å². The summed E-state index contributed by atoms with van der Waals surface area (Å²) < 4.78 is 5.37. The quantitative estimate of drug-likeness (QED) is 0.536. The van der Waals surface area contributed by atoms with Crippen molar-refractivity contribution >= 4 is 17.8 Å². The minimum absolute atomic E-state index is 0.404. The van der Waals surface area contributed by atoms with E-state index in [1.165, 1.54) is 12.8 Å². The van der Waals surface area contributed by atoms with Crippen molar-refractivity contribution in [2.75, 3.05) is 48.5 Å². The zero-order chi connectivity index (χ0) is 14.5. The Hall–Kier alpha value is -1.67. The molecule has 3 rings (SSSR count). The highest BCUT2D eigenvalue weighted by molar-refractivity contribution is 5.43. The Labute approximate surface area is 124 Å². The molecular weight excluding hydrogens is 270 g/mol. The Balaban J connectivity index is 1.66. The third kappa shape index (κ3) is 3.70. The van der Waals surface area contributed by atoms with Crippen LogP contribution in [0.4, 0.5) is 17.8 Å². The number of ether oxygens (including phenoxy) is 1. The van der Waals surface area contributed by atoms with Gasteiger partial charge in [-0.15, -0.1) is 0 Å². The van der Waals surface area contributed by atoms with Crippen LogP contribution in [0.1, 0.15) is 25.7 Å². The third-order valence-electron chi connectivity index (χ3n) is 4.03. The average Bonchev–Trinajstić information content (AvgIpc) is 3.08. The van der Waals surface area contributed by atoms with Gasteiger partial charge >= 0.3 is 0 Å². The van der Waals surface area contributed by atoms with Gasteiger partial charge in [0.1, 0.15) is 0 Å². The van der Waals surface area contributed by atoms with Gasteiger partial charge in [-0.05, 0) is 31.6 Å². The largest absolute Gasteiger partial charge is 0.381 e. The number of hydrogen-bond acceptors (Lipinski definition) is 8. The lowest BCUT2D eigenvalue weighted by atomic mass is 10.0. The molecule has 0 spiro atoms. The van der Waals surface area contributed by atoms with Crippen molar-refractivity contribution in [2.45, 2.75) is 25.7 Å². The maximum absolute atomic E-state index is 5.46. The highest BCUT2D eigenvalue weighted by atomic mass is 16.5. The Morgan fingerprint density at radius 3 is 2.52 bits per heavy atom. The molecule has 0 radical (unpaired) electrons. The smallest absolute Gasteiger partial charge is 0.243 e. The predicted molar refractivity (Wildman–Crippen MR) is 81.1 cm³/mol. The molecule has 116 valence electrons. The lowest BCUT2D eigenvalue weighted by Crippen LogP contribution is -2.25. The Morgan fingerprint density at radius 1 is 1.10 bits per heavy atom. The summed E-state index contributed by atoms with van der Waals surface area (Å²) in [5.41, 5.74) is 2.52. The fourth-order valence-electron chi connectivity index (χ4n) is 2.75. The third-order valence-corrected chi connectivity index (χ3v) is 4.03. The maximum Gasteiger partial charge on any atom is 0.243 e. The molecular formula is C13H23N7O. The van der Waals surface area contributed by atoms with Crippen LogP contribution in [-0.4, -0.2) is 47.8 Å². The minimum Gasteiger partial charge on any atom is -0.381 e. The van der Waals surface area contributed by atoms with Gasteiger partial charge in [0.05, 0.1) is 0 Å². The lowest BCUT2D eigenvalue weighted by Gasteiger charge is -2.22. The van der Waals surface area contributed by atoms with Crippen LogP contribution in [-0.2, 0) is 4.74 Å². The van der Waals surface area contributed by atoms with E-state index in [9.17, 15) is 0 Å². The number of nitrogen functional groups attached to an aromatic ring is 1. The molecule has 21 heavy (non-hydrogen) atoms. The van der Waals surface area contributed by atoms with Gasteiger partial charge in [-0.2, -0.15) is 15.0 Å². The average molecular weight is 293 g/mol. The first-order valence-electron chi connectivity index (χ1n) is 7.64. The molecule has 3 heterocycles. The highest BCUT2D eigenvalue weighted by Gasteiger charge is 2.18. The summed E-state index contributed by atoms with van der Waals surface area (Å²) in [6.07, 6.45) is 4.53. The van der Waals surface area contributed by atoms with Gasteiger partial charge in [0.15, 0.2) is 0 Å². The summed E-state index contributed by atoms with van der Waals surface area (Å²) in [7, 11) is 0. The molecule has 0 bridgehead atoms. The second-order valence-corrected chi connectivity index (χ2v) is 5.56. The zero-order valence-electron chi connectivity index (χ0n) is 12.2. The predicted octanol–water partition coefficient (Wildman–Crippen LogP) is 0.596. The fourth-order valence-corrected chi connectivity index (χ4v) is 2.75. The Bertz CT molecular complexity index is 458. The van der Waals surface area contributed by atoms with E-state index in [1.54, 1.807) is 0 Å². The van der Waals surface area contributed by atoms with E-state index in [0.29, 0.717) is 23.8 Å². The molecule has 0 amide bonds. The van der Waals surface area contributed by atoms with Gasteiger partial charge in [0.25, 0.3) is 0 Å². The number of nitrogens with zero attached hydrogens (tertiary/aromatic N) is 4. The van der Waals surface area contributed by atoms with E-state index in [-0.39, 0.29) is 0 Å². The Morgan fingerprint density at radius 2 is 1.81 bits per heavy atom. The topological polar surface area (TPSA) is 101 Å². The minimum atomic E-state index is 0.404. The lowest BCUT2D eigenvalue weighted by molar-refractivity contribution is 0.0699. The van der Waals surface area contributed by atoms with Crippen LogP contribution in [0.5, 0.6) is 0 Å². The van der Waals surface area contributed by atoms with E-state index in [1.807, 2.05) is 0 Å². The van der Waals surface area contributed by atoms with E-state index in [4.69, 9.17) is 10.6 Å². The van der Waals surface area contributed by atoms with Crippen molar-refractivity contribution in [3.63, 3.8) is 0 Å². The van der Waals surface area contributed by atoms with Gasteiger partial charge < -0.3 is 15.0 Å². The van der Waals surface area contributed by atoms with E-state index in [2.05, 4.69) is 30.6 Å². The molecule has 0 aliphatic carbocycles. The van der Waals surface area contributed by atoms with Crippen LogP contribution in [0.25, 0.3) is 0 Å². The van der Waals surface area contributed by atoms with E-state index < -0.39 is 0 Å². The SMILES string of the molecule is NNc1nc(NCC2CCOCC2)nc(N2CCCC2)n1. The number of aromatic nitrogens is 3. The highest BCUT2D eigenvalue weighted by Crippen LogP contribution is 2.19. The second kappa shape index (κ2) is 6.86. The summed E-state index contributed by atoms with van der Waals surface area (Å²) in [6.45, 7) is 4.54. The number of rotatable bonds is 5. The standard InChI is InChI=1S/C13H23N7O/c14-19-12-16-11(15-9-10-3-7-21-8-4-10)17-13(18-12)20-5-1-2-6-20/h10H,1-9,14H2,(H2,15,16,17,18,19). The number of hydrazine groups is 1. The van der Waals surface area contributed by atoms with Crippen LogP contribution in [0.2, 0.25) is 0 Å². The van der Waals surface area contributed by atoms with Gasteiger partial charge in [-0.1, -0.05) is 0 Å². The molecule has 2 fully saturated rings. The summed E-state index contributed by atoms with van der Waals surface area (Å²) in [5, 5.41) is 3.31. The van der Waals surface area contributed by atoms with Crippen molar-refractivity contribution in [3.8, 4) is 0 Å². The van der Waals surface area contributed by atoms with Crippen LogP contribution in [0.3, 0.4) is 0 Å². The molecule has 0 aromatic carbocycles. The molecule has 2 saturated heterocycles. The van der Waals surface area contributed by atoms with Gasteiger partial charge in [0.2, 0.25) is 17.8 Å². The molecule has 0 atom stereocenters. The second-order valence-electron chi connectivity index (χ2n) is 5.56. The summed E-state index contributed by atoms with van der Waals surface area (Å²) in [5.74, 6) is 7.76. The molecule has 1 aromatic rings. The van der Waals surface area contributed by atoms with Crippen LogP contribution in [0.15, 0.2) is 0 Å². The van der Waals surface area contributed by atoms with Crippen LogP contribution in [0, 0.1) is 5.92 Å². The maximum atomic E-state index is 5.46. The summed E-state index contributed by atoms with van der Waals surface area (Å²) in [4.78, 5) is 15.3. The normalized spacial score (nSPS) is 19.8. The van der Waals surface area contributed by atoms with E-state index in [0.717, 1.165) is 45.7 Å². The molecule has 4 N–H and O–H groups in total. The van der Waals surface area contributed by atoms with Gasteiger partial charge in [-0.3, -0.25) is 5.43 Å². The molecule has 2 aliphatic heterocycles. The summed E-state index contributed by atoms with van der Waals surface area (Å²) >= 11 is 0. The molecule has 2 aliphatic rings. The zero-order valence-corrected chi connectivity index (χ0v) is 12.2. The first kappa shape index (κ1) is 14.3. The fraction of sp³-hybridized carbons (Fsp3) is 0.769. The Kier molecular flexibility index (Phi) is 4.66. The van der Waals surface area contributed by atoms with Crippen molar-refractivity contribution in [3.05, 3.63) is 0 Å². The number of anilines is 3. The molecule has 8 nitrogen and oxygen atoms in total. The van der Waals surface area contributed by atoms with Crippen LogP contribution < -0.4 is 21.5 Å². The number of nitrogens with one attached hydrogen (secondary N) is 2. The van der Waals surface area contributed by atoms with Crippen molar-refractivity contribution in [1.29, 1.82) is 0 Å². The van der Waals surface area contributed by atoms with Crippen molar-refractivity contribution in [2.24, 2.45) is 11.8 Å². The molecule has 0 unspecified atom stereocenters. The molecule has 8 heteroatoms. The van der Waals surface area contributed by atoms with Gasteiger partial charge in [0, 0.05) is 32.8 Å². The number of hydrogen-bond donors (Lipinski definition) is 3. The van der Waals surface area contributed by atoms with Gasteiger partial charge in [-0.25, -0.2) is 5.84 Å².